The van der Waals surface area contributed by atoms with E-state index in [9.17, 15) is 14.4 Å². The molecule has 1 aromatic rings. The van der Waals surface area contributed by atoms with E-state index in [0.717, 1.165) is 10.6 Å². The number of piperazine rings is 1. The SMILES string of the molecule is CCOC(=O)N1CCN(C(=O)CN2C(=O)CC(C)(C)Sc3ccccc32)CC1. The summed E-state index contributed by atoms with van der Waals surface area (Å²) in [6.07, 6.45) is 0.0291. The number of anilines is 1. The van der Waals surface area contributed by atoms with E-state index in [1.54, 1.807) is 33.4 Å². The Morgan fingerprint density at radius 3 is 2.43 bits per heavy atom. The molecule has 0 bridgehead atoms. The van der Waals surface area contributed by atoms with Crippen LogP contribution in [0.15, 0.2) is 29.2 Å². The Balaban J connectivity index is 1.68. The number of rotatable bonds is 3. The summed E-state index contributed by atoms with van der Waals surface area (Å²) in [5.41, 5.74) is 0.793. The minimum absolute atomic E-state index is 0.0197. The van der Waals surface area contributed by atoms with Crippen LogP contribution in [-0.4, -0.2) is 71.8 Å². The number of fused-ring (bicyclic) bond motifs is 1. The third-order valence-electron chi connectivity index (χ3n) is 4.87. The smallest absolute Gasteiger partial charge is 0.409 e. The Morgan fingerprint density at radius 1 is 1.11 bits per heavy atom. The number of benzene rings is 1. The highest BCUT2D eigenvalue weighted by Gasteiger charge is 2.35. The number of carbonyl (C=O) groups is 3. The van der Waals surface area contributed by atoms with E-state index in [4.69, 9.17) is 4.74 Å². The molecule has 7 nitrogen and oxygen atoms in total. The van der Waals surface area contributed by atoms with Crippen molar-refractivity contribution in [2.75, 3.05) is 44.2 Å². The van der Waals surface area contributed by atoms with Gasteiger partial charge in [0.2, 0.25) is 11.8 Å². The number of thioether (sulfide) groups is 1. The number of nitrogens with zero attached hydrogens (tertiary/aromatic N) is 3. The largest absolute Gasteiger partial charge is 0.450 e. The first kappa shape index (κ1) is 20.5. The Morgan fingerprint density at radius 2 is 1.75 bits per heavy atom. The van der Waals surface area contributed by atoms with Gasteiger partial charge in [-0.15, -0.1) is 11.8 Å². The Bertz CT molecular complexity index is 760. The highest BCUT2D eigenvalue weighted by atomic mass is 32.2. The van der Waals surface area contributed by atoms with Gasteiger partial charge in [0.25, 0.3) is 0 Å². The first-order valence-corrected chi connectivity index (χ1v) is 10.4. The normalized spacial score (nSPS) is 19.1. The second-order valence-electron chi connectivity index (χ2n) is 7.55. The summed E-state index contributed by atoms with van der Waals surface area (Å²) in [5.74, 6) is -0.141. The third kappa shape index (κ3) is 4.60. The molecule has 0 unspecified atom stereocenters. The molecule has 0 saturated carbocycles. The highest BCUT2D eigenvalue weighted by molar-refractivity contribution is 8.00. The molecular weight excluding hydrogens is 378 g/mol. The van der Waals surface area contributed by atoms with Crippen molar-refractivity contribution in [2.24, 2.45) is 0 Å². The molecule has 3 amide bonds. The first-order valence-electron chi connectivity index (χ1n) is 9.58. The monoisotopic (exact) mass is 405 g/mol. The molecule has 3 rings (SSSR count). The molecule has 0 aromatic heterocycles. The molecule has 0 aliphatic carbocycles. The van der Waals surface area contributed by atoms with Gasteiger partial charge < -0.3 is 19.4 Å². The molecule has 2 aliphatic rings. The van der Waals surface area contributed by atoms with Crippen molar-refractivity contribution in [3.8, 4) is 0 Å². The van der Waals surface area contributed by atoms with E-state index in [1.807, 2.05) is 38.1 Å². The maximum atomic E-state index is 12.9. The molecule has 1 fully saturated rings. The lowest BCUT2D eigenvalue weighted by molar-refractivity contribution is -0.132. The van der Waals surface area contributed by atoms with Gasteiger partial charge in [-0.1, -0.05) is 12.1 Å². The van der Waals surface area contributed by atoms with Crippen molar-refractivity contribution >= 4 is 35.4 Å². The molecule has 0 N–H and O–H groups in total. The molecule has 2 heterocycles. The third-order valence-corrected chi connectivity index (χ3v) is 6.13. The van der Waals surface area contributed by atoms with Crippen LogP contribution in [0.2, 0.25) is 0 Å². The summed E-state index contributed by atoms with van der Waals surface area (Å²) in [4.78, 5) is 43.5. The lowest BCUT2D eigenvalue weighted by Gasteiger charge is -2.35. The quantitative estimate of drug-likeness (QED) is 0.773. The number of hydrogen-bond acceptors (Lipinski definition) is 5. The highest BCUT2D eigenvalue weighted by Crippen LogP contribution is 2.43. The van der Waals surface area contributed by atoms with Gasteiger partial charge in [0, 0.05) is 42.2 Å². The maximum Gasteiger partial charge on any atom is 0.409 e. The van der Waals surface area contributed by atoms with Gasteiger partial charge in [-0.05, 0) is 32.9 Å². The second-order valence-corrected chi connectivity index (χ2v) is 9.30. The topological polar surface area (TPSA) is 70.2 Å². The zero-order valence-corrected chi connectivity index (χ0v) is 17.5. The summed E-state index contributed by atoms with van der Waals surface area (Å²) >= 11 is 1.67. The molecule has 2 aliphatic heterocycles. The molecule has 1 saturated heterocycles. The summed E-state index contributed by atoms with van der Waals surface area (Å²) < 4.78 is 4.79. The fourth-order valence-corrected chi connectivity index (χ4v) is 4.68. The van der Waals surface area contributed by atoms with Crippen molar-refractivity contribution in [1.82, 2.24) is 9.80 Å². The first-order chi connectivity index (χ1) is 13.3. The average molecular weight is 406 g/mol. The van der Waals surface area contributed by atoms with Gasteiger partial charge in [-0.3, -0.25) is 9.59 Å². The Kier molecular flexibility index (Phi) is 6.17. The summed E-state index contributed by atoms with van der Waals surface area (Å²) in [5, 5.41) is 0. The van der Waals surface area contributed by atoms with Crippen LogP contribution in [0.25, 0.3) is 0 Å². The lowest BCUT2D eigenvalue weighted by Crippen LogP contribution is -2.53. The van der Waals surface area contributed by atoms with Gasteiger partial charge in [-0.2, -0.15) is 0 Å². The van der Waals surface area contributed by atoms with Crippen LogP contribution < -0.4 is 4.90 Å². The van der Waals surface area contributed by atoms with Crippen molar-refractivity contribution in [3.63, 3.8) is 0 Å². The van der Waals surface area contributed by atoms with Crippen molar-refractivity contribution < 1.29 is 19.1 Å². The van der Waals surface area contributed by atoms with Crippen molar-refractivity contribution in [3.05, 3.63) is 24.3 Å². The number of amides is 3. The second kappa shape index (κ2) is 8.43. The Hall–Kier alpha value is -2.22. The maximum absolute atomic E-state index is 12.9. The van der Waals surface area contributed by atoms with E-state index < -0.39 is 0 Å². The van der Waals surface area contributed by atoms with Crippen molar-refractivity contribution in [2.45, 2.75) is 36.8 Å². The molecule has 0 radical (unpaired) electrons. The number of para-hydroxylation sites is 1. The lowest BCUT2D eigenvalue weighted by atomic mass is 10.1. The van der Waals surface area contributed by atoms with E-state index in [1.165, 1.54) is 0 Å². The predicted octanol–water partition coefficient (Wildman–Crippen LogP) is 2.59. The van der Waals surface area contributed by atoms with Gasteiger partial charge in [-0.25, -0.2) is 4.79 Å². The molecule has 28 heavy (non-hydrogen) atoms. The van der Waals surface area contributed by atoms with E-state index in [0.29, 0.717) is 39.2 Å². The van der Waals surface area contributed by atoms with Gasteiger partial charge in [0.1, 0.15) is 6.54 Å². The molecule has 0 atom stereocenters. The number of hydrogen-bond donors (Lipinski definition) is 0. The fourth-order valence-electron chi connectivity index (χ4n) is 3.46. The van der Waals surface area contributed by atoms with E-state index in [2.05, 4.69) is 0 Å². The molecule has 152 valence electrons. The van der Waals surface area contributed by atoms with Gasteiger partial charge >= 0.3 is 6.09 Å². The van der Waals surface area contributed by atoms with Gasteiger partial charge in [0.05, 0.1) is 12.3 Å². The van der Waals surface area contributed by atoms with Crippen LogP contribution in [0.5, 0.6) is 0 Å². The van der Waals surface area contributed by atoms with Crippen molar-refractivity contribution in [1.29, 1.82) is 0 Å². The van der Waals surface area contributed by atoms with Crippen LogP contribution in [0.4, 0.5) is 10.5 Å². The molecule has 1 aromatic carbocycles. The summed E-state index contributed by atoms with van der Waals surface area (Å²) in [7, 11) is 0. The molecule has 8 heteroatoms. The number of ether oxygens (including phenoxy) is 1. The van der Waals surface area contributed by atoms with Crippen LogP contribution in [0, 0.1) is 0 Å². The molecule has 0 spiro atoms. The summed E-state index contributed by atoms with van der Waals surface area (Å²) in [6, 6.07) is 7.73. The minimum Gasteiger partial charge on any atom is -0.450 e. The minimum atomic E-state index is -0.342. The summed E-state index contributed by atoms with van der Waals surface area (Å²) in [6.45, 7) is 8.00. The van der Waals surface area contributed by atoms with E-state index >= 15 is 0 Å². The van der Waals surface area contributed by atoms with Crippen LogP contribution in [-0.2, 0) is 14.3 Å². The zero-order chi connectivity index (χ0) is 20.3. The van der Waals surface area contributed by atoms with Crippen LogP contribution >= 0.6 is 11.8 Å². The van der Waals surface area contributed by atoms with E-state index in [-0.39, 0.29) is 29.2 Å². The van der Waals surface area contributed by atoms with Crippen LogP contribution in [0.3, 0.4) is 0 Å². The van der Waals surface area contributed by atoms with Crippen LogP contribution in [0.1, 0.15) is 27.2 Å². The van der Waals surface area contributed by atoms with Gasteiger partial charge in [0.15, 0.2) is 0 Å². The zero-order valence-electron chi connectivity index (χ0n) is 16.6. The standard InChI is InChI=1S/C20H27N3O4S/c1-4-27-19(26)22-11-9-21(10-12-22)18(25)14-23-15-7-5-6-8-16(15)28-20(2,3)13-17(23)24/h5-8H,4,9-14H2,1-3H3. The molecular formula is C20H27N3O4S. The fraction of sp³-hybridized carbons (Fsp3) is 0.550. The predicted molar refractivity (Wildman–Crippen MR) is 109 cm³/mol. The number of carbonyl (C=O) groups excluding carboxylic acids is 3. The Labute approximate surface area is 170 Å². The average Bonchev–Trinajstić information content (AvgIpc) is 2.75.